The largest absolute Gasteiger partial charge is 0.395 e. The summed E-state index contributed by atoms with van der Waals surface area (Å²) in [6.07, 6.45) is 1.10. The van der Waals surface area contributed by atoms with Crippen molar-refractivity contribution in [3.63, 3.8) is 0 Å². The second kappa shape index (κ2) is 12.0. The highest BCUT2D eigenvalue weighted by Gasteiger charge is 2.47. The van der Waals surface area contributed by atoms with Crippen molar-refractivity contribution in [2.24, 2.45) is 11.1 Å². The van der Waals surface area contributed by atoms with E-state index in [2.05, 4.69) is 37.7 Å². The Labute approximate surface area is 182 Å². The van der Waals surface area contributed by atoms with Gasteiger partial charge in [0.25, 0.3) is 0 Å². The summed E-state index contributed by atoms with van der Waals surface area (Å²) >= 11 is 3.80. The normalized spacial score (nSPS) is 24.7. The number of ether oxygens (including phenoxy) is 3. The van der Waals surface area contributed by atoms with Crippen molar-refractivity contribution in [3.8, 4) is 0 Å². The molecule has 0 N–H and O–H groups in total. The zero-order valence-electron chi connectivity index (χ0n) is 17.2. The molecule has 4 atom stereocenters. The number of rotatable bonds is 12. The molecule has 0 aliphatic carbocycles. The van der Waals surface area contributed by atoms with Gasteiger partial charge in [-0.1, -0.05) is 55.4 Å². The fourth-order valence-electron chi connectivity index (χ4n) is 3.54. The second-order valence-electron chi connectivity index (χ2n) is 6.89. The van der Waals surface area contributed by atoms with E-state index in [0.717, 1.165) is 22.8 Å². The molecule has 0 saturated carbocycles. The zero-order valence-corrected chi connectivity index (χ0v) is 18.8. The Balaban J connectivity index is 1.83. The van der Waals surface area contributed by atoms with Gasteiger partial charge in [-0.25, -0.2) is 0 Å². The first kappa shape index (κ1) is 22.7. The van der Waals surface area contributed by atoms with E-state index in [1.165, 1.54) is 0 Å². The fourth-order valence-corrected chi connectivity index (χ4v) is 6.25. The lowest BCUT2D eigenvalue weighted by atomic mass is 9.92. The lowest BCUT2D eigenvalue weighted by molar-refractivity contribution is -0.132. The number of nitrogens with zero attached hydrogens (tertiary/aromatic N) is 1. The van der Waals surface area contributed by atoms with Gasteiger partial charge in [-0.15, -0.1) is 30.1 Å². The van der Waals surface area contributed by atoms with Crippen LogP contribution in [0.5, 0.6) is 0 Å². The highest BCUT2D eigenvalue weighted by molar-refractivity contribution is 8.17. The third kappa shape index (κ3) is 6.01. The minimum Gasteiger partial charge on any atom is -0.395 e. The number of oxime groups is 1. The Kier molecular flexibility index (Phi) is 9.39. The summed E-state index contributed by atoms with van der Waals surface area (Å²) in [5, 5.41) is 4.30. The molecule has 0 spiro atoms. The van der Waals surface area contributed by atoms with Gasteiger partial charge in [-0.05, 0) is 17.1 Å². The molecule has 2 aliphatic heterocycles. The van der Waals surface area contributed by atoms with E-state index in [0.29, 0.717) is 26.4 Å². The number of fused-ring (bicyclic) bond motifs is 1. The Morgan fingerprint density at radius 1 is 1.21 bits per heavy atom. The van der Waals surface area contributed by atoms with E-state index in [9.17, 15) is 0 Å². The van der Waals surface area contributed by atoms with E-state index in [1.807, 2.05) is 41.7 Å². The monoisotopic (exact) mass is 437 g/mol. The van der Waals surface area contributed by atoms with Crippen LogP contribution < -0.4 is 0 Å². The Morgan fingerprint density at radius 2 is 1.97 bits per heavy atom. The van der Waals surface area contributed by atoms with Crippen molar-refractivity contribution in [3.05, 3.63) is 48.6 Å². The summed E-state index contributed by atoms with van der Waals surface area (Å²) in [5.74, 6) is 2.19. The number of thioether (sulfide) groups is 2. The molecule has 1 aromatic carbocycles. The molecule has 3 rings (SSSR count). The number of benzene rings is 1. The summed E-state index contributed by atoms with van der Waals surface area (Å²) in [7, 11) is 0. The van der Waals surface area contributed by atoms with Crippen molar-refractivity contribution in [1.29, 1.82) is 0 Å². The lowest BCUT2D eigenvalue weighted by Gasteiger charge is -2.40. The van der Waals surface area contributed by atoms with E-state index in [4.69, 9.17) is 19.0 Å². The maximum atomic E-state index is 6.53. The molecule has 160 valence electrons. The molecular weight excluding hydrogens is 406 g/mol. The molecule has 1 fully saturated rings. The van der Waals surface area contributed by atoms with E-state index in [-0.39, 0.29) is 28.8 Å². The van der Waals surface area contributed by atoms with Crippen LogP contribution in [0, 0.1) is 5.92 Å². The van der Waals surface area contributed by atoms with Crippen LogP contribution in [0.1, 0.15) is 19.4 Å². The van der Waals surface area contributed by atoms with Crippen molar-refractivity contribution < 1.29 is 19.0 Å². The van der Waals surface area contributed by atoms with Crippen LogP contribution >= 0.6 is 23.5 Å². The van der Waals surface area contributed by atoms with Gasteiger partial charge in [0.15, 0.2) is 0 Å². The second-order valence-corrected chi connectivity index (χ2v) is 10.0. The van der Waals surface area contributed by atoms with Gasteiger partial charge in [0.2, 0.25) is 0 Å². The van der Waals surface area contributed by atoms with Crippen molar-refractivity contribution in [1.82, 2.24) is 0 Å². The van der Waals surface area contributed by atoms with Crippen LogP contribution in [0.25, 0.3) is 0 Å². The molecular formula is C22H31NO4S2. The Morgan fingerprint density at radius 3 is 2.66 bits per heavy atom. The highest BCUT2D eigenvalue weighted by atomic mass is 32.2. The molecule has 0 radical (unpaired) electrons. The quantitative estimate of drug-likeness (QED) is 0.357. The third-order valence-electron chi connectivity index (χ3n) is 4.88. The molecule has 0 aromatic heterocycles. The third-order valence-corrected chi connectivity index (χ3v) is 7.55. The Bertz CT molecular complexity index is 651. The first-order valence-corrected chi connectivity index (χ1v) is 12.3. The van der Waals surface area contributed by atoms with Crippen LogP contribution in [-0.4, -0.2) is 59.9 Å². The van der Waals surface area contributed by atoms with Crippen molar-refractivity contribution >= 4 is 29.2 Å². The van der Waals surface area contributed by atoms with E-state index >= 15 is 0 Å². The molecule has 29 heavy (non-hydrogen) atoms. The molecule has 2 heterocycles. The van der Waals surface area contributed by atoms with Crippen LogP contribution in [0.15, 0.2) is 48.1 Å². The van der Waals surface area contributed by atoms with Crippen molar-refractivity contribution in [2.45, 2.75) is 43.3 Å². The predicted octanol–water partition coefficient (Wildman–Crippen LogP) is 4.38. The zero-order chi connectivity index (χ0) is 20.5. The molecule has 5 nitrogen and oxygen atoms in total. The van der Waals surface area contributed by atoms with Gasteiger partial charge in [-0.2, -0.15) is 0 Å². The van der Waals surface area contributed by atoms with Gasteiger partial charge >= 0.3 is 0 Å². The minimum atomic E-state index is -0.285. The van der Waals surface area contributed by atoms with Gasteiger partial charge in [0.05, 0.1) is 36.0 Å². The molecule has 1 aromatic rings. The Hall–Kier alpha value is -0.990. The fraction of sp³-hybridized carbons (Fsp3) is 0.591. The molecule has 1 saturated heterocycles. The van der Waals surface area contributed by atoms with E-state index < -0.39 is 0 Å². The number of hydrogen-bond acceptors (Lipinski definition) is 7. The van der Waals surface area contributed by atoms with E-state index in [1.54, 1.807) is 6.08 Å². The first-order valence-electron chi connectivity index (χ1n) is 10.2. The average Bonchev–Trinajstić information content (AvgIpc) is 3.23. The standard InChI is InChI=1S/C22H31NO4S2/c1-4-12-24-19-18-17(15-27-23-18)14-26-20(19)21(22(28-5-2)29-6-3)25-13-16-10-8-7-9-11-16/h4,7-11,17,19-22H,1,5-6,12-15H2,2-3H3/t17-,19-,20+,21-/m1/s1. The van der Waals surface area contributed by atoms with Gasteiger partial charge < -0.3 is 19.0 Å². The minimum absolute atomic E-state index is 0.135. The van der Waals surface area contributed by atoms with Crippen molar-refractivity contribution in [2.75, 3.05) is 31.3 Å². The SMILES string of the molecule is C=CCO[C@@H]1C2=NOC[C@H]2CO[C@@H]1[C@@H](OCc1ccccc1)C(SCC)SCC. The predicted molar refractivity (Wildman–Crippen MR) is 122 cm³/mol. The molecule has 7 heteroatoms. The highest BCUT2D eigenvalue weighted by Crippen LogP contribution is 2.36. The summed E-state index contributed by atoms with van der Waals surface area (Å²) < 4.78 is 19.3. The molecule has 0 unspecified atom stereocenters. The first-order chi connectivity index (χ1) is 14.3. The van der Waals surface area contributed by atoms with Crippen LogP contribution in [0.4, 0.5) is 0 Å². The van der Waals surface area contributed by atoms with Gasteiger partial charge in [-0.3, -0.25) is 0 Å². The summed E-state index contributed by atoms with van der Waals surface area (Å²) in [6.45, 7) is 10.3. The molecule has 0 amide bonds. The summed E-state index contributed by atoms with van der Waals surface area (Å²) in [4.78, 5) is 5.37. The van der Waals surface area contributed by atoms with Gasteiger partial charge in [0.1, 0.15) is 24.9 Å². The van der Waals surface area contributed by atoms with Crippen LogP contribution in [0.2, 0.25) is 0 Å². The maximum absolute atomic E-state index is 6.53. The smallest absolute Gasteiger partial charge is 0.128 e. The maximum Gasteiger partial charge on any atom is 0.128 e. The molecule has 2 aliphatic rings. The van der Waals surface area contributed by atoms with Crippen LogP contribution in [0.3, 0.4) is 0 Å². The van der Waals surface area contributed by atoms with Gasteiger partial charge in [0, 0.05) is 0 Å². The average molecular weight is 438 g/mol. The molecule has 0 bridgehead atoms. The number of hydrogen-bond donors (Lipinski definition) is 0. The summed E-state index contributed by atoms with van der Waals surface area (Å²) in [5.41, 5.74) is 2.09. The lowest BCUT2D eigenvalue weighted by Crippen LogP contribution is -2.55. The van der Waals surface area contributed by atoms with Crippen LogP contribution in [-0.2, 0) is 25.7 Å². The summed E-state index contributed by atoms with van der Waals surface area (Å²) in [6, 6.07) is 10.3. The topological polar surface area (TPSA) is 49.3 Å².